The number of amidine groups is 1. The molecule has 0 radical (unpaired) electrons. The van der Waals surface area contributed by atoms with Gasteiger partial charge < -0.3 is 39.7 Å². The van der Waals surface area contributed by atoms with E-state index in [1.807, 2.05) is 19.9 Å². The third-order valence-electron chi connectivity index (χ3n) is 4.37. The number of hydrogen-bond acceptors (Lipinski definition) is 9. The second kappa shape index (κ2) is 11.1. The van der Waals surface area contributed by atoms with Gasteiger partial charge in [0.2, 0.25) is 0 Å². The van der Waals surface area contributed by atoms with Crippen molar-refractivity contribution in [2.75, 3.05) is 27.4 Å². The molecular formula is C22H27N3O7. The molecule has 0 unspecified atom stereocenters. The standard InChI is InChI=1S/C14H20N2O5.C8H7NO2/c1-14(2)20-8-10(21-14)7-19-9-4-5-11(13(15)16-17)12(6-9)18-3;1-11-8-4-7(10)3-2-6(8)5-9/h4-6,10,17H,7-8H2,1-3H3,(H2,15,16);2-4,10H,1H3/t10-;/m1./s1. The molecule has 0 aliphatic carbocycles. The predicted molar refractivity (Wildman–Crippen MR) is 115 cm³/mol. The Morgan fingerprint density at radius 3 is 2.50 bits per heavy atom. The molecule has 0 amide bonds. The summed E-state index contributed by atoms with van der Waals surface area (Å²) < 4.78 is 26.8. The smallest absolute Gasteiger partial charge is 0.173 e. The number of aromatic hydroxyl groups is 1. The average Bonchev–Trinajstić information content (AvgIpc) is 3.15. The lowest BCUT2D eigenvalue weighted by Gasteiger charge is -2.17. The van der Waals surface area contributed by atoms with E-state index < -0.39 is 5.79 Å². The summed E-state index contributed by atoms with van der Waals surface area (Å²) >= 11 is 0. The molecule has 10 heteroatoms. The van der Waals surface area contributed by atoms with Gasteiger partial charge >= 0.3 is 0 Å². The maximum absolute atomic E-state index is 8.97. The molecule has 0 spiro atoms. The molecule has 3 rings (SSSR count). The van der Waals surface area contributed by atoms with Crippen LogP contribution in [-0.4, -0.2) is 55.5 Å². The molecule has 10 nitrogen and oxygen atoms in total. The van der Waals surface area contributed by atoms with Crippen molar-refractivity contribution in [1.29, 1.82) is 5.26 Å². The summed E-state index contributed by atoms with van der Waals surface area (Å²) in [4.78, 5) is 0. The Morgan fingerprint density at radius 1 is 1.22 bits per heavy atom. The van der Waals surface area contributed by atoms with E-state index in [-0.39, 0.29) is 17.7 Å². The van der Waals surface area contributed by atoms with Gasteiger partial charge in [-0.3, -0.25) is 0 Å². The minimum absolute atomic E-state index is 0.0207. The molecule has 1 heterocycles. The number of phenolic OH excluding ortho intramolecular Hbond substituents is 1. The highest BCUT2D eigenvalue weighted by molar-refractivity contribution is 5.99. The monoisotopic (exact) mass is 445 g/mol. The number of phenols is 1. The van der Waals surface area contributed by atoms with Crippen molar-refractivity contribution in [1.82, 2.24) is 0 Å². The number of oxime groups is 1. The third kappa shape index (κ3) is 6.66. The third-order valence-corrected chi connectivity index (χ3v) is 4.37. The Labute approximate surface area is 186 Å². The lowest BCUT2D eigenvalue weighted by molar-refractivity contribution is -0.141. The molecule has 4 N–H and O–H groups in total. The second-order valence-corrected chi connectivity index (χ2v) is 7.11. The van der Waals surface area contributed by atoms with Crippen molar-refractivity contribution in [3.8, 4) is 29.1 Å². The van der Waals surface area contributed by atoms with Crippen LogP contribution in [0.15, 0.2) is 41.6 Å². The summed E-state index contributed by atoms with van der Waals surface area (Å²) in [5.41, 5.74) is 6.48. The van der Waals surface area contributed by atoms with Gasteiger partial charge in [-0.25, -0.2) is 0 Å². The van der Waals surface area contributed by atoms with Crippen molar-refractivity contribution in [3.05, 3.63) is 47.5 Å². The van der Waals surface area contributed by atoms with Gasteiger partial charge in [0.25, 0.3) is 0 Å². The van der Waals surface area contributed by atoms with Crippen LogP contribution in [0.1, 0.15) is 25.0 Å². The zero-order valence-electron chi connectivity index (χ0n) is 18.4. The van der Waals surface area contributed by atoms with Gasteiger partial charge in [-0.05, 0) is 38.1 Å². The Hall–Kier alpha value is -3.68. The molecule has 172 valence electrons. The Morgan fingerprint density at radius 2 is 1.94 bits per heavy atom. The summed E-state index contributed by atoms with van der Waals surface area (Å²) in [5, 5.41) is 29.2. The summed E-state index contributed by atoms with van der Waals surface area (Å²) in [6.45, 7) is 4.59. The second-order valence-electron chi connectivity index (χ2n) is 7.11. The fraction of sp³-hybridized carbons (Fsp3) is 0.364. The highest BCUT2D eigenvalue weighted by Gasteiger charge is 2.33. The van der Waals surface area contributed by atoms with Crippen LogP contribution < -0.4 is 19.9 Å². The number of nitriles is 1. The average molecular weight is 445 g/mol. The van der Waals surface area contributed by atoms with Crippen LogP contribution in [0.5, 0.6) is 23.0 Å². The minimum atomic E-state index is -0.568. The van der Waals surface area contributed by atoms with Crippen LogP contribution in [-0.2, 0) is 9.47 Å². The first-order valence-electron chi connectivity index (χ1n) is 9.60. The lowest BCUT2D eigenvalue weighted by atomic mass is 10.2. The quantitative estimate of drug-likeness (QED) is 0.264. The van der Waals surface area contributed by atoms with E-state index in [2.05, 4.69) is 5.16 Å². The largest absolute Gasteiger partial charge is 0.508 e. The molecule has 0 aromatic heterocycles. The first-order chi connectivity index (χ1) is 15.2. The van der Waals surface area contributed by atoms with Crippen molar-refractivity contribution in [2.45, 2.75) is 25.7 Å². The first-order valence-corrected chi connectivity index (χ1v) is 9.60. The fourth-order valence-corrected chi connectivity index (χ4v) is 2.83. The number of hydrogen-bond donors (Lipinski definition) is 3. The zero-order valence-corrected chi connectivity index (χ0v) is 18.4. The summed E-state index contributed by atoms with van der Waals surface area (Å²) in [7, 11) is 2.96. The van der Waals surface area contributed by atoms with Gasteiger partial charge in [0.15, 0.2) is 11.6 Å². The van der Waals surface area contributed by atoms with Crippen LogP contribution in [0.4, 0.5) is 0 Å². The van der Waals surface area contributed by atoms with Gasteiger partial charge in [0, 0.05) is 12.1 Å². The zero-order chi connectivity index (χ0) is 23.7. The van der Waals surface area contributed by atoms with E-state index >= 15 is 0 Å². The topological polar surface area (TPSA) is 149 Å². The van der Waals surface area contributed by atoms with E-state index in [1.54, 1.807) is 18.2 Å². The minimum Gasteiger partial charge on any atom is -0.508 e. The Kier molecular flexibility index (Phi) is 8.52. The van der Waals surface area contributed by atoms with Crippen molar-refractivity contribution in [2.24, 2.45) is 10.9 Å². The van der Waals surface area contributed by atoms with Crippen LogP contribution in [0.25, 0.3) is 0 Å². The van der Waals surface area contributed by atoms with Crippen molar-refractivity contribution < 1.29 is 34.0 Å². The van der Waals surface area contributed by atoms with Crippen molar-refractivity contribution >= 4 is 5.84 Å². The highest BCUT2D eigenvalue weighted by Crippen LogP contribution is 2.27. The lowest BCUT2D eigenvalue weighted by Crippen LogP contribution is -2.25. The Balaban J connectivity index is 0.000000278. The van der Waals surface area contributed by atoms with Crippen LogP contribution in [0.2, 0.25) is 0 Å². The number of nitrogens with zero attached hydrogens (tertiary/aromatic N) is 2. The molecule has 1 fully saturated rings. The normalized spacial score (nSPS) is 17.0. The summed E-state index contributed by atoms with van der Waals surface area (Å²) in [6, 6.07) is 11.4. The van der Waals surface area contributed by atoms with E-state index in [0.717, 1.165) is 0 Å². The number of ether oxygens (including phenoxy) is 5. The molecule has 1 atom stereocenters. The van der Waals surface area contributed by atoms with E-state index in [9.17, 15) is 0 Å². The van der Waals surface area contributed by atoms with Crippen LogP contribution in [0, 0.1) is 11.3 Å². The number of rotatable bonds is 6. The fourth-order valence-electron chi connectivity index (χ4n) is 2.83. The number of nitrogens with two attached hydrogens (primary N) is 1. The van der Waals surface area contributed by atoms with Crippen LogP contribution in [0.3, 0.4) is 0 Å². The van der Waals surface area contributed by atoms with Gasteiger partial charge in [0.1, 0.15) is 41.8 Å². The van der Waals surface area contributed by atoms with E-state index in [1.165, 1.54) is 32.4 Å². The molecule has 2 aromatic rings. The number of benzene rings is 2. The number of methoxy groups -OCH3 is 2. The first kappa shape index (κ1) is 24.6. The molecule has 1 aliphatic heterocycles. The maximum atomic E-state index is 8.97. The van der Waals surface area contributed by atoms with Gasteiger partial charge in [-0.2, -0.15) is 5.26 Å². The maximum Gasteiger partial charge on any atom is 0.173 e. The molecule has 1 aliphatic rings. The van der Waals surface area contributed by atoms with Gasteiger partial charge in [-0.15, -0.1) is 0 Å². The molecule has 0 bridgehead atoms. The predicted octanol–water partition coefficient (Wildman–Crippen LogP) is 2.59. The van der Waals surface area contributed by atoms with E-state index in [4.69, 9.17) is 45.0 Å². The SMILES string of the molecule is COc1cc(O)ccc1C#N.COc1cc(OC[C@@H]2COC(C)(C)O2)ccc1C(N)=NO. The van der Waals surface area contributed by atoms with Gasteiger partial charge in [-0.1, -0.05) is 5.16 Å². The van der Waals surface area contributed by atoms with E-state index in [0.29, 0.717) is 41.6 Å². The Bertz CT molecular complexity index is 986. The van der Waals surface area contributed by atoms with Crippen molar-refractivity contribution in [3.63, 3.8) is 0 Å². The molecule has 2 aromatic carbocycles. The summed E-state index contributed by atoms with van der Waals surface area (Å²) in [6.07, 6.45) is -0.116. The van der Waals surface area contributed by atoms with Crippen LogP contribution >= 0.6 is 0 Å². The molecular weight excluding hydrogens is 418 g/mol. The summed E-state index contributed by atoms with van der Waals surface area (Å²) in [5.74, 6) is 0.976. The molecule has 0 saturated carbocycles. The van der Waals surface area contributed by atoms with Gasteiger partial charge in [0.05, 0.1) is 32.0 Å². The highest BCUT2D eigenvalue weighted by atomic mass is 16.7. The molecule has 1 saturated heterocycles. The molecule has 32 heavy (non-hydrogen) atoms.